The second kappa shape index (κ2) is 12.3. The van der Waals surface area contributed by atoms with Crippen LogP contribution in [0.3, 0.4) is 0 Å². The van der Waals surface area contributed by atoms with Crippen LogP contribution in [-0.2, 0) is 11.2 Å². The van der Waals surface area contributed by atoms with Crippen LogP contribution in [0.15, 0.2) is 39.2 Å². The van der Waals surface area contributed by atoms with E-state index in [4.69, 9.17) is 0 Å². The zero-order valence-electron chi connectivity index (χ0n) is 21.9. The van der Waals surface area contributed by atoms with E-state index in [1.54, 1.807) is 23.0 Å². The van der Waals surface area contributed by atoms with Gasteiger partial charge in [-0.3, -0.25) is 14.2 Å². The van der Waals surface area contributed by atoms with Gasteiger partial charge in [-0.05, 0) is 58.8 Å². The summed E-state index contributed by atoms with van der Waals surface area (Å²) in [6.07, 6.45) is 10.4. The number of fused-ring (bicyclic) bond motifs is 1. The van der Waals surface area contributed by atoms with E-state index in [0.717, 1.165) is 39.0 Å². The van der Waals surface area contributed by atoms with E-state index in [2.05, 4.69) is 37.5 Å². The maximum Gasteiger partial charge on any atom is 0.224 e. The van der Waals surface area contributed by atoms with Gasteiger partial charge < -0.3 is 20.4 Å². The summed E-state index contributed by atoms with van der Waals surface area (Å²) in [5.41, 5.74) is 0.370. The van der Waals surface area contributed by atoms with Gasteiger partial charge in [-0.1, -0.05) is 6.08 Å². The number of hydrogen-bond donors (Lipinski definition) is 2. The highest BCUT2D eigenvalue weighted by Gasteiger charge is 2.21. The van der Waals surface area contributed by atoms with E-state index in [1.165, 1.54) is 30.6 Å². The van der Waals surface area contributed by atoms with Gasteiger partial charge in [-0.15, -0.1) is 11.3 Å². The number of hydrogen-bond acceptors (Lipinski definition) is 8. The molecule has 2 aromatic heterocycles. The summed E-state index contributed by atoms with van der Waals surface area (Å²) in [6.45, 7) is 5.17. The molecule has 38 heavy (non-hydrogen) atoms. The molecular weight excluding hydrogens is 505 g/mol. The van der Waals surface area contributed by atoms with E-state index in [1.807, 2.05) is 5.38 Å². The van der Waals surface area contributed by atoms with Crippen molar-refractivity contribution >= 4 is 23.3 Å². The average Bonchev–Trinajstić information content (AvgIpc) is 3.67. The molecule has 3 aliphatic heterocycles. The van der Waals surface area contributed by atoms with Crippen molar-refractivity contribution in [2.45, 2.75) is 51.0 Å². The Kier molecular flexibility index (Phi) is 8.65. The van der Waals surface area contributed by atoms with Crippen molar-refractivity contribution in [1.82, 2.24) is 30.0 Å². The molecule has 0 saturated carbocycles. The summed E-state index contributed by atoms with van der Waals surface area (Å²) in [6, 6.07) is 0.480. The number of halogens is 1. The van der Waals surface area contributed by atoms with Gasteiger partial charge in [0.05, 0.1) is 11.6 Å². The molecule has 1 unspecified atom stereocenters. The number of allylic oxidation sites excluding steroid dienone is 1. The van der Waals surface area contributed by atoms with Crippen LogP contribution in [0.25, 0.3) is 11.2 Å². The molecule has 11 heteroatoms. The fraction of sp³-hybridized carbons (Fsp3) is 0.556. The number of carbonyl (C=O) groups excluding carboxylic acids is 1. The molecule has 204 valence electrons. The summed E-state index contributed by atoms with van der Waals surface area (Å²) in [4.78, 5) is 39.9. The Hall–Kier alpha value is -2.89. The number of nitrogens with zero attached hydrogens (tertiary/aromatic N) is 5. The van der Waals surface area contributed by atoms with Crippen LogP contribution < -0.4 is 26.8 Å². The molecule has 2 fully saturated rings. The van der Waals surface area contributed by atoms with Gasteiger partial charge in [0.15, 0.2) is 21.9 Å². The summed E-state index contributed by atoms with van der Waals surface area (Å²) in [5.74, 6) is -0.467. The highest BCUT2D eigenvalue weighted by molar-refractivity contribution is 7.12. The molecular formula is C27H36FN7O2S. The first-order valence-corrected chi connectivity index (χ1v) is 14.4. The van der Waals surface area contributed by atoms with Crippen LogP contribution in [-0.4, -0.2) is 77.6 Å². The third kappa shape index (κ3) is 6.22. The van der Waals surface area contributed by atoms with E-state index < -0.39 is 5.83 Å². The molecule has 1 atom stereocenters. The smallest absolute Gasteiger partial charge is 0.224 e. The fourth-order valence-electron chi connectivity index (χ4n) is 5.47. The number of likely N-dealkylation sites (tertiary alicyclic amines) is 2. The minimum Gasteiger partial charge on any atom is -0.368 e. The van der Waals surface area contributed by atoms with Gasteiger partial charge in [0.25, 0.3) is 0 Å². The second-order valence-electron chi connectivity index (χ2n) is 10.2. The van der Waals surface area contributed by atoms with Crippen LogP contribution in [0, 0.1) is 0 Å². The van der Waals surface area contributed by atoms with Crippen molar-refractivity contribution in [1.29, 1.82) is 0 Å². The molecule has 9 nitrogen and oxygen atoms in total. The molecule has 0 aromatic carbocycles. The number of nitrogens with one attached hydrogen (secondary N) is 2. The van der Waals surface area contributed by atoms with E-state index in [-0.39, 0.29) is 30.0 Å². The Morgan fingerprint density at radius 1 is 1.21 bits per heavy atom. The lowest BCUT2D eigenvalue weighted by Crippen LogP contribution is -2.47. The maximum absolute atomic E-state index is 15.1. The van der Waals surface area contributed by atoms with Crippen LogP contribution >= 0.6 is 11.3 Å². The Morgan fingerprint density at radius 3 is 2.79 bits per heavy atom. The summed E-state index contributed by atoms with van der Waals surface area (Å²) >= 11 is 1.39. The fourth-order valence-corrected chi connectivity index (χ4v) is 6.09. The molecule has 0 radical (unpaired) electrons. The van der Waals surface area contributed by atoms with E-state index in [9.17, 15) is 9.59 Å². The number of amides is 1. The zero-order valence-corrected chi connectivity index (χ0v) is 22.7. The number of rotatable bonds is 10. The van der Waals surface area contributed by atoms with Crippen LogP contribution in [0.4, 0.5) is 4.39 Å². The minimum atomic E-state index is -0.410. The second-order valence-corrected chi connectivity index (χ2v) is 11.1. The third-order valence-electron chi connectivity index (χ3n) is 7.62. The number of aromatic nitrogens is 2. The number of pyridine rings is 1. The zero-order chi connectivity index (χ0) is 26.5. The van der Waals surface area contributed by atoms with Crippen molar-refractivity contribution in [2.75, 3.05) is 46.3 Å². The van der Waals surface area contributed by atoms with Crippen molar-refractivity contribution in [3.05, 3.63) is 55.9 Å². The van der Waals surface area contributed by atoms with Gasteiger partial charge in [-0.2, -0.15) is 0 Å². The van der Waals surface area contributed by atoms with Crippen LogP contribution in [0.1, 0.15) is 44.1 Å². The van der Waals surface area contributed by atoms with Gasteiger partial charge in [-0.25, -0.2) is 14.4 Å². The average molecular weight is 542 g/mol. The number of thiazole rings is 1. The summed E-state index contributed by atoms with van der Waals surface area (Å²) in [7, 11) is 2.12. The largest absolute Gasteiger partial charge is 0.368 e. The lowest BCUT2D eigenvalue weighted by atomic mass is 10.1. The van der Waals surface area contributed by atoms with Gasteiger partial charge >= 0.3 is 0 Å². The molecule has 3 aliphatic rings. The van der Waals surface area contributed by atoms with Crippen molar-refractivity contribution in [3.63, 3.8) is 0 Å². The van der Waals surface area contributed by atoms with Crippen LogP contribution in [0.5, 0.6) is 0 Å². The highest BCUT2D eigenvalue weighted by Crippen LogP contribution is 2.18. The predicted molar refractivity (Wildman–Crippen MR) is 146 cm³/mol. The molecule has 2 N–H and O–H groups in total. The molecule has 0 spiro atoms. The van der Waals surface area contributed by atoms with Crippen molar-refractivity contribution in [3.8, 4) is 5.13 Å². The lowest BCUT2D eigenvalue weighted by molar-refractivity contribution is -0.120. The van der Waals surface area contributed by atoms with E-state index in [0.29, 0.717) is 40.5 Å². The Balaban J connectivity index is 1.38. The first kappa shape index (κ1) is 26.7. The quantitative estimate of drug-likeness (QED) is 0.467. The molecule has 5 rings (SSSR count). The Labute approximate surface area is 225 Å². The minimum absolute atomic E-state index is 0.0409. The Morgan fingerprint density at radius 2 is 2.05 bits per heavy atom. The monoisotopic (exact) mass is 541 g/mol. The summed E-state index contributed by atoms with van der Waals surface area (Å²) in [5, 5.41) is 8.84. The van der Waals surface area contributed by atoms with Crippen molar-refractivity contribution < 1.29 is 9.18 Å². The Bertz CT molecular complexity index is 1350. The SMILES string of the molecule is CN1CCCC1CCNC1=C(F)CC=c2c(=O)c(CC(=O)NCCN3CCCC3)cn(-c3nccs3)c2=N1. The normalized spacial score (nSPS) is 20.1. The number of carbonyl (C=O) groups is 1. The third-order valence-corrected chi connectivity index (χ3v) is 8.39. The molecule has 0 aliphatic carbocycles. The molecule has 5 heterocycles. The standard InChI is InChI=1S/C27H36FN7O2S/c1-33-12-4-5-20(33)8-9-30-25-22(28)7-6-21-24(37)19(17-23(36)29-10-15-34-13-2-3-14-34)18-35(26(21)32-25)27-31-11-16-38-27/h6,11,16,18,20,30H,2-5,7-10,12-15,17H2,1H3,(H,29,36). The molecule has 2 aromatic rings. The highest BCUT2D eigenvalue weighted by atomic mass is 32.1. The molecule has 2 saturated heterocycles. The molecule has 1 amide bonds. The van der Waals surface area contributed by atoms with Crippen molar-refractivity contribution in [2.24, 2.45) is 4.99 Å². The van der Waals surface area contributed by atoms with Crippen LogP contribution in [0.2, 0.25) is 0 Å². The molecule has 0 bridgehead atoms. The predicted octanol–water partition coefficient (Wildman–Crippen LogP) is 1.06. The van der Waals surface area contributed by atoms with Gasteiger partial charge in [0.1, 0.15) is 5.83 Å². The van der Waals surface area contributed by atoms with Gasteiger partial charge in [0.2, 0.25) is 5.91 Å². The first-order chi connectivity index (χ1) is 18.5. The topological polar surface area (TPSA) is 94.9 Å². The van der Waals surface area contributed by atoms with Gasteiger partial charge in [0, 0.05) is 55.4 Å². The van der Waals surface area contributed by atoms with E-state index >= 15 is 4.39 Å². The first-order valence-electron chi connectivity index (χ1n) is 13.5. The lowest BCUT2D eigenvalue weighted by Gasteiger charge is -2.19. The summed E-state index contributed by atoms with van der Waals surface area (Å²) < 4.78 is 16.8. The maximum atomic E-state index is 15.1.